The Labute approximate surface area is 139 Å². The Hall–Kier alpha value is -2.13. The van der Waals surface area contributed by atoms with Crippen molar-refractivity contribution < 1.29 is 9.53 Å². The van der Waals surface area contributed by atoms with Crippen molar-refractivity contribution in [2.24, 2.45) is 11.7 Å². The van der Waals surface area contributed by atoms with Crippen LogP contribution in [-0.4, -0.2) is 19.1 Å². The SMILES string of the molecule is CCOC(=O)[C@H](C)CCN.Cc1ccc(-c2ccccc2)cc1. The first-order valence-electron chi connectivity index (χ1n) is 8.07. The van der Waals surface area contributed by atoms with E-state index in [2.05, 4.69) is 55.5 Å². The maximum atomic E-state index is 10.9. The molecule has 0 aliphatic rings. The lowest BCUT2D eigenvalue weighted by atomic mass is 10.0. The summed E-state index contributed by atoms with van der Waals surface area (Å²) in [5.41, 5.74) is 9.12. The molecule has 0 radical (unpaired) electrons. The Bertz CT molecular complexity index is 564. The maximum absolute atomic E-state index is 10.9. The maximum Gasteiger partial charge on any atom is 0.308 e. The minimum Gasteiger partial charge on any atom is -0.466 e. The fourth-order valence-corrected chi connectivity index (χ4v) is 2.03. The first-order valence-corrected chi connectivity index (χ1v) is 8.07. The number of carbonyl (C=O) groups is 1. The van der Waals surface area contributed by atoms with Crippen LogP contribution in [-0.2, 0) is 9.53 Å². The summed E-state index contributed by atoms with van der Waals surface area (Å²) in [4.78, 5) is 10.9. The van der Waals surface area contributed by atoms with Crippen LogP contribution in [0.4, 0.5) is 0 Å². The molecular weight excluding hydrogens is 286 g/mol. The molecule has 2 N–H and O–H groups in total. The summed E-state index contributed by atoms with van der Waals surface area (Å²) in [6.45, 7) is 6.72. The third kappa shape index (κ3) is 7.11. The average Bonchev–Trinajstić information content (AvgIpc) is 2.57. The van der Waals surface area contributed by atoms with Gasteiger partial charge in [0.1, 0.15) is 0 Å². The zero-order chi connectivity index (χ0) is 17.1. The summed E-state index contributed by atoms with van der Waals surface area (Å²) in [6, 6.07) is 19.0. The Balaban J connectivity index is 0.000000241. The molecule has 0 fully saturated rings. The minimum atomic E-state index is -0.145. The van der Waals surface area contributed by atoms with Crippen molar-refractivity contribution in [3.8, 4) is 11.1 Å². The van der Waals surface area contributed by atoms with Gasteiger partial charge >= 0.3 is 5.97 Å². The highest BCUT2D eigenvalue weighted by Gasteiger charge is 2.11. The van der Waals surface area contributed by atoms with Crippen LogP contribution in [0.2, 0.25) is 0 Å². The van der Waals surface area contributed by atoms with Gasteiger partial charge in [-0.2, -0.15) is 0 Å². The predicted octanol–water partition coefficient (Wildman–Crippen LogP) is 4.20. The molecule has 0 aliphatic heterocycles. The van der Waals surface area contributed by atoms with Crippen LogP contribution in [0.15, 0.2) is 54.6 Å². The molecule has 0 bridgehead atoms. The number of hydrogen-bond acceptors (Lipinski definition) is 3. The molecule has 23 heavy (non-hydrogen) atoms. The molecule has 2 aromatic rings. The summed E-state index contributed by atoms with van der Waals surface area (Å²) in [7, 11) is 0. The van der Waals surface area contributed by atoms with Crippen LogP contribution in [0, 0.1) is 12.8 Å². The Morgan fingerprint density at radius 1 is 1.04 bits per heavy atom. The molecule has 0 saturated heterocycles. The van der Waals surface area contributed by atoms with Gasteiger partial charge in [0.2, 0.25) is 0 Å². The van der Waals surface area contributed by atoms with E-state index in [0.29, 0.717) is 19.6 Å². The van der Waals surface area contributed by atoms with Crippen molar-refractivity contribution in [1.29, 1.82) is 0 Å². The number of nitrogens with two attached hydrogens (primary N) is 1. The quantitative estimate of drug-likeness (QED) is 0.842. The van der Waals surface area contributed by atoms with E-state index in [-0.39, 0.29) is 11.9 Å². The molecule has 0 unspecified atom stereocenters. The normalized spacial score (nSPS) is 11.1. The van der Waals surface area contributed by atoms with Crippen LogP contribution in [0.5, 0.6) is 0 Å². The standard InChI is InChI=1S/C13H12.C7H15NO2/c1-11-7-9-13(10-8-11)12-5-3-2-4-6-12;1-3-10-7(9)6(2)4-5-8/h2-10H,1H3;6H,3-5,8H2,1-2H3/t;6-/m.1/s1. The number of carbonyl (C=O) groups excluding carboxylic acids is 1. The highest BCUT2D eigenvalue weighted by molar-refractivity contribution is 5.71. The molecule has 3 nitrogen and oxygen atoms in total. The van der Waals surface area contributed by atoms with Crippen LogP contribution in [0.3, 0.4) is 0 Å². The molecule has 2 rings (SSSR count). The van der Waals surface area contributed by atoms with E-state index in [0.717, 1.165) is 0 Å². The predicted molar refractivity (Wildman–Crippen MR) is 96.1 cm³/mol. The lowest BCUT2D eigenvalue weighted by molar-refractivity contribution is -0.147. The Kier molecular flexibility index (Phi) is 8.70. The second-order valence-electron chi connectivity index (χ2n) is 5.46. The molecule has 0 aromatic heterocycles. The molecule has 124 valence electrons. The van der Waals surface area contributed by atoms with Crippen LogP contribution in [0.25, 0.3) is 11.1 Å². The van der Waals surface area contributed by atoms with E-state index in [1.54, 1.807) is 6.92 Å². The van der Waals surface area contributed by atoms with Gasteiger partial charge in [-0.25, -0.2) is 0 Å². The molecule has 2 aromatic carbocycles. The third-order valence-corrected chi connectivity index (χ3v) is 3.45. The van der Waals surface area contributed by atoms with E-state index < -0.39 is 0 Å². The molecule has 0 spiro atoms. The molecule has 1 atom stereocenters. The van der Waals surface area contributed by atoms with Gasteiger partial charge in [0.15, 0.2) is 0 Å². The zero-order valence-corrected chi connectivity index (χ0v) is 14.3. The van der Waals surface area contributed by atoms with Gasteiger partial charge in [-0.3, -0.25) is 4.79 Å². The smallest absolute Gasteiger partial charge is 0.308 e. The van der Waals surface area contributed by atoms with E-state index in [1.807, 2.05) is 13.0 Å². The minimum absolute atomic E-state index is 0.0510. The molecule has 0 aliphatic carbocycles. The summed E-state index contributed by atoms with van der Waals surface area (Å²) in [6.07, 6.45) is 0.707. The average molecular weight is 313 g/mol. The molecule has 0 amide bonds. The third-order valence-electron chi connectivity index (χ3n) is 3.45. The van der Waals surface area contributed by atoms with E-state index in [1.165, 1.54) is 16.7 Å². The van der Waals surface area contributed by atoms with E-state index in [4.69, 9.17) is 10.5 Å². The molecular formula is C20H27NO2. The summed E-state index contributed by atoms with van der Waals surface area (Å²) >= 11 is 0. The van der Waals surface area contributed by atoms with Gasteiger partial charge in [0, 0.05) is 0 Å². The van der Waals surface area contributed by atoms with Crippen molar-refractivity contribution in [1.82, 2.24) is 0 Å². The lowest BCUT2D eigenvalue weighted by Crippen LogP contribution is -2.17. The van der Waals surface area contributed by atoms with Crippen LogP contribution < -0.4 is 5.73 Å². The number of ether oxygens (including phenoxy) is 1. The van der Waals surface area contributed by atoms with Crippen LogP contribution in [0.1, 0.15) is 25.8 Å². The first-order chi connectivity index (χ1) is 11.1. The number of benzene rings is 2. The zero-order valence-electron chi connectivity index (χ0n) is 14.3. The topological polar surface area (TPSA) is 52.3 Å². The van der Waals surface area contributed by atoms with Crippen molar-refractivity contribution in [2.75, 3.05) is 13.2 Å². The van der Waals surface area contributed by atoms with Gasteiger partial charge < -0.3 is 10.5 Å². The Morgan fingerprint density at radius 3 is 2.13 bits per heavy atom. The largest absolute Gasteiger partial charge is 0.466 e. The summed E-state index contributed by atoms with van der Waals surface area (Å²) in [5.74, 6) is -0.196. The highest BCUT2D eigenvalue weighted by atomic mass is 16.5. The van der Waals surface area contributed by atoms with Crippen LogP contribution >= 0.6 is 0 Å². The molecule has 0 saturated carbocycles. The van der Waals surface area contributed by atoms with Gasteiger partial charge in [-0.15, -0.1) is 0 Å². The summed E-state index contributed by atoms with van der Waals surface area (Å²) < 4.78 is 4.76. The van der Waals surface area contributed by atoms with Crippen molar-refractivity contribution >= 4 is 5.97 Å². The number of rotatable bonds is 5. The number of esters is 1. The molecule has 0 heterocycles. The van der Waals surface area contributed by atoms with Crippen molar-refractivity contribution in [2.45, 2.75) is 27.2 Å². The van der Waals surface area contributed by atoms with Gasteiger partial charge in [0.25, 0.3) is 0 Å². The number of aryl methyl sites for hydroxylation is 1. The monoisotopic (exact) mass is 313 g/mol. The van der Waals surface area contributed by atoms with Gasteiger partial charge in [-0.05, 0) is 37.9 Å². The number of hydrogen-bond donors (Lipinski definition) is 1. The van der Waals surface area contributed by atoms with Gasteiger partial charge in [0.05, 0.1) is 12.5 Å². The van der Waals surface area contributed by atoms with E-state index >= 15 is 0 Å². The fraction of sp³-hybridized carbons (Fsp3) is 0.350. The van der Waals surface area contributed by atoms with Gasteiger partial charge in [-0.1, -0.05) is 67.1 Å². The summed E-state index contributed by atoms with van der Waals surface area (Å²) in [5, 5.41) is 0. The second-order valence-corrected chi connectivity index (χ2v) is 5.46. The lowest BCUT2D eigenvalue weighted by Gasteiger charge is -2.07. The molecule has 3 heteroatoms. The van der Waals surface area contributed by atoms with Crippen molar-refractivity contribution in [3.05, 3.63) is 60.2 Å². The highest BCUT2D eigenvalue weighted by Crippen LogP contribution is 2.18. The van der Waals surface area contributed by atoms with E-state index in [9.17, 15) is 4.79 Å². The van der Waals surface area contributed by atoms with Crippen molar-refractivity contribution in [3.63, 3.8) is 0 Å². The first kappa shape index (κ1) is 18.9. The second kappa shape index (κ2) is 10.6. The Morgan fingerprint density at radius 2 is 1.61 bits per heavy atom. The fourth-order valence-electron chi connectivity index (χ4n) is 2.03.